The van der Waals surface area contributed by atoms with Crippen LogP contribution in [0.1, 0.15) is 17.9 Å². The number of rotatable bonds is 5. The van der Waals surface area contributed by atoms with E-state index in [0.717, 1.165) is 37.5 Å². The van der Waals surface area contributed by atoms with Crippen molar-refractivity contribution < 1.29 is 14.0 Å². The van der Waals surface area contributed by atoms with Crippen molar-refractivity contribution in [2.45, 2.75) is 26.0 Å². The zero-order valence-corrected chi connectivity index (χ0v) is 12.2. The van der Waals surface area contributed by atoms with Gasteiger partial charge in [0.05, 0.1) is 25.2 Å². The van der Waals surface area contributed by atoms with Gasteiger partial charge in [0.25, 0.3) is 0 Å². The Labute approximate surface area is 122 Å². The van der Waals surface area contributed by atoms with Crippen LogP contribution in [0, 0.1) is 6.92 Å². The van der Waals surface area contributed by atoms with Gasteiger partial charge in [0, 0.05) is 25.7 Å². The van der Waals surface area contributed by atoms with Crippen LogP contribution in [-0.4, -0.2) is 46.3 Å². The molecule has 1 saturated heterocycles. The molecule has 1 aliphatic rings. The molecule has 3 rings (SSSR count). The minimum atomic E-state index is 0.103. The summed E-state index contributed by atoms with van der Waals surface area (Å²) < 4.78 is 15.9. The van der Waals surface area contributed by atoms with Crippen LogP contribution in [0.15, 0.2) is 23.0 Å². The Kier molecular flexibility index (Phi) is 4.01. The fraction of sp³-hybridized carbons (Fsp3) is 0.500. The second kappa shape index (κ2) is 6.09. The molecule has 1 atom stereocenters. The molecule has 0 saturated carbocycles. The highest BCUT2D eigenvalue weighted by molar-refractivity contribution is 5.13. The number of aryl methyl sites for hydroxylation is 1. The van der Waals surface area contributed by atoms with Crippen LogP contribution in [0.2, 0.25) is 0 Å². The van der Waals surface area contributed by atoms with E-state index in [9.17, 15) is 0 Å². The van der Waals surface area contributed by atoms with Gasteiger partial charge in [0.2, 0.25) is 0 Å². The lowest BCUT2D eigenvalue weighted by atomic mass is 10.3. The van der Waals surface area contributed by atoms with Crippen LogP contribution in [0.25, 0.3) is 0 Å². The number of hydrogen-bond donors (Lipinski definition) is 0. The largest absolute Gasteiger partial charge is 0.494 e. The van der Waals surface area contributed by atoms with Crippen LogP contribution in [0.4, 0.5) is 0 Å². The van der Waals surface area contributed by atoms with Gasteiger partial charge in [0.1, 0.15) is 11.9 Å². The van der Waals surface area contributed by atoms with Crippen molar-refractivity contribution in [2.24, 2.45) is 0 Å². The van der Waals surface area contributed by atoms with Gasteiger partial charge >= 0.3 is 6.01 Å². The summed E-state index contributed by atoms with van der Waals surface area (Å²) in [4.78, 5) is 10.5. The van der Waals surface area contributed by atoms with E-state index in [1.807, 2.05) is 13.0 Å². The molecule has 0 bridgehead atoms. The first-order valence-electron chi connectivity index (χ1n) is 6.90. The molecular formula is C14H18N4O3. The van der Waals surface area contributed by atoms with Crippen molar-refractivity contribution >= 4 is 0 Å². The highest BCUT2D eigenvalue weighted by Gasteiger charge is 2.25. The van der Waals surface area contributed by atoms with Gasteiger partial charge in [-0.3, -0.25) is 4.90 Å². The number of ether oxygens (including phenoxy) is 2. The fourth-order valence-corrected chi connectivity index (χ4v) is 2.38. The number of methoxy groups -OCH3 is 1. The first kappa shape index (κ1) is 13.8. The van der Waals surface area contributed by atoms with Gasteiger partial charge in [-0.25, -0.2) is 0 Å². The van der Waals surface area contributed by atoms with E-state index in [1.165, 1.54) is 0 Å². The van der Waals surface area contributed by atoms with Crippen LogP contribution in [0.3, 0.4) is 0 Å². The average molecular weight is 290 g/mol. The summed E-state index contributed by atoms with van der Waals surface area (Å²) in [6.07, 6.45) is 4.26. The van der Waals surface area contributed by atoms with Crippen LogP contribution >= 0.6 is 0 Å². The zero-order valence-electron chi connectivity index (χ0n) is 12.2. The summed E-state index contributed by atoms with van der Waals surface area (Å²) >= 11 is 0. The first-order chi connectivity index (χ1) is 10.2. The van der Waals surface area contributed by atoms with E-state index in [1.54, 1.807) is 19.5 Å². The Bertz CT molecular complexity index is 584. The Morgan fingerprint density at radius 1 is 1.38 bits per heavy atom. The van der Waals surface area contributed by atoms with Gasteiger partial charge in [-0.05, 0) is 13.3 Å². The molecule has 0 amide bonds. The molecule has 1 aliphatic heterocycles. The van der Waals surface area contributed by atoms with Gasteiger partial charge < -0.3 is 14.0 Å². The molecule has 2 aromatic heterocycles. The highest BCUT2D eigenvalue weighted by Crippen LogP contribution is 2.18. The van der Waals surface area contributed by atoms with Crippen LogP contribution in [-0.2, 0) is 6.54 Å². The average Bonchev–Trinajstić information content (AvgIpc) is 3.09. The van der Waals surface area contributed by atoms with Crippen molar-refractivity contribution in [1.82, 2.24) is 20.0 Å². The molecule has 0 aromatic carbocycles. The van der Waals surface area contributed by atoms with Crippen molar-refractivity contribution in [3.05, 3.63) is 29.9 Å². The smallest absolute Gasteiger partial charge is 0.316 e. The molecule has 2 aromatic rings. The van der Waals surface area contributed by atoms with Crippen molar-refractivity contribution in [3.63, 3.8) is 0 Å². The molecule has 7 heteroatoms. The maximum atomic E-state index is 5.78. The van der Waals surface area contributed by atoms with Gasteiger partial charge in [0.15, 0.2) is 5.75 Å². The maximum Gasteiger partial charge on any atom is 0.316 e. The SMILES string of the molecule is COc1cnc(OC2CCN(Cc3cc(C)on3)C2)nc1. The Balaban J connectivity index is 1.52. The Morgan fingerprint density at radius 2 is 2.19 bits per heavy atom. The lowest BCUT2D eigenvalue weighted by Gasteiger charge is -2.14. The van der Waals surface area contributed by atoms with Gasteiger partial charge in [-0.1, -0.05) is 5.16 Å². The maximum absolute atomic E-state index is 5.78. The number of aromatic nitrogens is 3. The second-order valence-electron chi connectivity index (χ2n) is 5.10. The fourth-order valence-electron chi connectivity index (χ4n) is 2.38. The van der Waals surface area contributed by atoms with Crippen LogP contribution in [0.5, 0.6) is 11.8 Å². The van der Waals surface area contributed by atoms with Gasteiger partial charge in [-0.2, -0.15) is 9.97 Å². The molecule has 0 spiro atoms. The van der Waals surface area contributed by atoms with Crippen molar-refractivity contribution in [1.29, 1.82) is 0 Å². The lowest BCUT2D eigenvalue weighted by molar-refractivity contribution is 0.182. The third kappa shape index (κ3) is 3.49. The molecule has 1 unspecified atom stereocenters. The molecule has 7 nitrogen and oxygen atoms in total. The molecule has 21 heavy (non-hydrogen) atoms. The molecule has 0 radical (unpaired) electrons. The Hall–Kier alpha value is -2.15. The molecule has 0 N–H and O–H groups in total. The summed E-state index contributed by atoms with van der Waals surface area (Å²) in [6.45, 7) is 4.47. The number of likely N-dealkylation sites (tertiary alicyclic amines) is 1. The first-order valence-corrected chi connectivity index (χ1v) is 6.90. The molecular weight excluding hydrogens is 272 g/mol. The van der Waals surface area contributed by atoms with Gasteiger partial charge in [-0.15, -0.1) is 0 Å². The summed E-state index contributed by atoms with van der Waals surface area (Å²) in [5, 5.41) is 4.01. The molecule has 112 valence electrons. The van der Waals surface area contributed by atoms with E-state index in [0.29, 0.717) is 11.8 Å². The van der Waals surface area contributed by atoms with Crippen molar-refractivity contribution in [3.8, 4) is 11.8 Å². The summed E-state index contributed by atoms with van der Waals surface area (Å²) in [6, 6.07) is 2.35. The van der Waals surface area contributed by atoms with E-state index in [4.69, 9.17) is 14.0 Å². The monoisotopic (exact) mass is 290 g/mol. The minimum absolute atomic E-state index is 0.103. The number of hydrogen-bond acceptors (Lipinski definition) is 7. The van der Waals surface area contributed by atoms with Crippen LogP contribution < -0.4 is 9.47 Å². The normalized spacial score (nSPS) is 18.9. The third-order valence-electron chi connectivity index (χ3n) is 3.40. The van der Waals surface area contributed by atoms with E-state index in [-0.39, 0.29) is 6.10 Å². The summed E-state index contributed by atoms with van der Waals surface area (Å²) in [7, 11) is 1.58. The predicted octanol–water partition coefficient (Wildman–Crippen LogP) is 1.43. The standard InChI is InChI=1S/C14H18N4O3/c1-10-5-11(17-21-10)8-18-4-3-12(9-18)20-14-15-6-13(19-2)7-16-14/h5-7,12H,3-4,8-9H2,1-2H3. The van der Waals surface area contributed by atoms with E-state index >= 15 is 0 Å². The van der Waals surface area contributed by atoms with E-state index < -0.39 is 0 Å². The summed E-state index contributed by atoms with van der Waals surface area (Å²) in [5.41, 5.74) is 0.953. The molecule has 3 heterocycles. The lowest BCUT2D eigenvalue weighted by Crippen LogP contribution is -2.25. The van der Waals surface area contributed by atoms with E-state index in [2.05, 4.69) is 20.0 Å². The Morgan fingerprint density at radius 3 is 2.86 bits per heavy atom. The zero-order chi connectivity index (χ0) is 14.7. The quantitative estimate of drug-likeness (QED) is 0.824. The topological polar surface area (TPSA) is 73.5 Å². The molecule has 0 aliphatic carbocycles. The predicted molar refractivity (Wildman–Crippen MR) is 74.1 cm³/mol. The summed E-state index contributed by atoms with van der Waals surface area (Å²) in [5.74, 6) is 1.46. The molecule has 1 fully saturated rings. The van der Waals surface area contributed by atoms with Crippen molar-refractivity contribution in [2.75, 3.05) is 20.2 Å². The second-order valence-corrected chi connectivity index (χ2v) is 5.10. The number of nitrogens with zero attached hydrogens (tertiary/aromatic N) is 4. The highest BCUT2D eigenvalue weighted by atomic mass is 16.5. The third-order valence-corrected chi connectivity index (χ3v) is 3.40. The minimum Gasteiger partial charge on any atom is -0.494 e.